The second-order valence-corrected chi connectivity index (χ2v) is 4.80. The molecule has 2 rings (SSSR count). The Kier molecular flexibility index (Phi) is 3.31. The summed E-state index contributed by atoms with van der Waals surface area (Å²) < 4.78 is 5.42. The Bertz CT molecular complexity index is 132. The van der Waals surface area contributed by atoms with Gasteiger partial charge in [-0.1, -0.05) is 0 Å². The van der Waals surface area contributed by atoms with Crippen LogP contribution in [0.15, 0.2) is 0 Å². The molecule has 0 aromatic heterocycles. The molecule has 1 atom stereocenters. The van der Waals surface area contributed by atoms with E-state index in [0.717, 1.165) is 25.2 Å². The quantitative estimate of drug-likeness (QED) is 0.715. The maximum absolute atomic E-state index is 5.42. The number of thioether (sulfide) groups is 1. The Balaban J connectivity index is 1.58. The highest BCUT2D eigenvalue weighted by atomic mass is 32.2. The molecule has 1 unspecified atom stereocenters. The molecule has 0 spiro atoms. The topological polar surface area (TPSA) is 21.3 Å². The third-order valence-corrected chi connectivity index (χ3v) is 3.86. The standard InChI is InChI=1S/C9H17NOS/c1-2-8(5-11-3-1)4-10-9-6-12-7-9/h8-10H,1-7H2. The Labute approximate surface area is 78.4 Å². The third kappa shape index (κ3) is 2.38. The molecule has 0 amide bonds. The van der Waals surface area contributed by atoms with Crippen LogP contribution in [0.3, 0.4) is 0 Å². The molecule has 0 aliphatic carbocycles. The van der Waals surface area contributed by atoms with Gasteiger partial charge in [-0.05, 0) is 18.8 Å². The number of ether oxygens (including phenoxy) is 1. The lowest BCUT2D eigenvalue weighted by atomic mass is 10.0. The molecule has 0 saturated carbocycles. The highest BCUT2D eigenvalue weighted by molar-refractivity contribution is 8.00. The predicted molar refractivity (Wildman–Crippen MR) is 52.7 cm³/mol. The van der Waals surface area contributed by atoms with Crippen LogP contribution in [-0.2, 0) is 4.74 Å². The van der Waals surface area contributed by atoms with E-state index in [0.29, 0.717) is 0 Å². The minimum atomic E-state index is 0.782. The zero-order valence-electron chi connectivity index (χ0n) is 7.42. The SMILES string of the molecule is C1COCC(CNC2CSC2)C1. The summed E-state index contributed by atoms with van der Waals surface area (Å²) in [6.07, 6.45) is 2.61. The molecule has 1 N–H and O–H groups in total. The molecule has 70 valence electrons. The van der Waals surface area contributed by atoms with Gasteiger partial charge < -0.3 is 10.1 Å². The summed E-state index contributed by atoms with van der Waals surface area (Å²) in [4.78, 5) is 0. The highest BCUT2D eigenvalue weighted by Crippen LogP contribution is 2.18. The van der Waals surface area contributed by atoms with Crippen LogP contribution in [0.1, 0.15) is 12.8 Å². The van der Waals surface area contributed by atoms with Gasteiger partial charge in [-0.3, -0.25) is 0 Å². The van der Waals surface area contributed by atoms with Gasteiger partial charge >= 0.3 is 0 Å². The first-order valence-corrected chi connectivity index (χ1v) is 5.99. The van der Waals surface area contributed by atoms with E-state index in [1.165, 1.54) is 30.9 Å². The van der Waals surface area contributed by atoms with Crippen molar-refractivity contribution < 1.29 is 4.74 Å². The minimum absolute atomic E-state index is 0.782. The maximum Gasteiger partial charge on any atom is 0.0506 e. The van der Waals surface area contributed by atoms with Crippen LogP contribution >= 0.6 is 11.8 Å². The summed E-state index contributed by atoms with van der Waals surface area (Å²) in [5, 5.41) is 3.59. The summed E-state index contributed by atoms with van der Waals surface area (Å²) >= 11 is 2.04. The van der Waals surface area contributed by atoms with Crippen LogP contribution in [0.4, 0.5) is 0 Å². The van der Waals surface area contributed by atoms with Gasteiger partial charge in [0, 0.05) is 30.7 Å². The predicted octanol–water partition coefficient (Wildman–Crippen LogP) is 1.12. The largest absolute Gasteiger partial charge is 0.381 e. The van der Waals surface area contributed by atoms with Gasteiger partial charge in [0.2, 0.25) is 0 Å². The summed E-state index contributed by atoms with van der Waals surface area (Å²) in [5.74, 6) is 3.41. The Morgan fingerprint density at radius 3 is 2.92 bits per heavy atom. The van der Waals surface area contributed by atoms with Crippen LogP contribution < -0.4 is 5.32 Å². The second-order valence-electron chi connectivity index (χ2n) is 3.73. The molecule has 12 heavy (non-hydrogen) atoms. The molecular formula is C9H17NOS. The first-order chi connectivity index (χ1) is 5.95. The van der Waals surface area contributed by atoms with E-state index in [2.05, 4.69) is 5.32 Å². The van der Waals surface area contributed by atoms with Crippen molar-refractivity contribution in [1.29, 1.82) is 0 Å². The number of nitrogens with one attached hydrogen (secondary N) is 1. The van der Waals surface area contributed by atoms with Crippen molar-refractivity contribution in [1.82, 2.24) is 5.32 Å². The van der Waals surface area contributed by atoms with Gasteiger partial charge in [-0.15, -0.1) is 0 Å². The molecule has 2 nitrogen and oxygen atoms in total. The van der Waals surface area contributed by atoms with E-state index in [4.69, 9.17) is 4.74 Å². The van der Waals surface area contributed by atoms with Crippen LogP contribution in [-0.4, -0.2) is 37.3 Å². The van der Waals surface area contributed by atoms with Crippen molar-refractivity contribution >= 4 is 11.8 Å². The Hall–Kier alpha value is 0.270. The first-order valence-electron chi connectivity index (χ1n) is 4.84. The Morgan fingerprint density at radius 2 is 2.33 bits per heavy atom. The van der Waals surface area contributed by atoms with Crippen molar-refractivity contribution in [2.45, 2.75) is 18.9 Å². The molecule has 0 aromatic carbocycles. The van der Waals surface area contributed by atoms with Gasteiger partial charge in [0.15, 0.2) is 0 Å². The third-order valence-electron chi connectivity index (χ3n) is 2.59. The number of rotatable bonds is 3. The normalized spacial score (nSPS) is 31.5. The number of hydrogen-bond acceptors (Lipinski definition) is 3. The smallest absolute Gasteiger partial charge is 0.0506 e. The van der Waals surface area contributed by atoms with Gasteiger partial charge in [-0.2, -0.15) is 11.8 Å². The maximum atomic E-state index is 5.42. The summed E-state index contributed by atoms with van der Waals surface area (Å²) in [5.41, 5.74) is 0. The van der Waals surface area contributed by atoms with Crippen molar-refractivity contribution in [3.8, 4) is 0 Å². The molecule has 3 heteroatoms. The van der Waals surface area contributed by atoms with Gasteiger partial charge in [0.25, 0.3) is 0 Å². The van der Waals surface area contributed by atoms with Crippen molar-refractivity contribution in [2.75, 3.05) is 31.3 Å². The molecule has 0 radical (unpaired) electrons. The molecular weight excluding hydrogens is 170 g/mol. The summed E-state index contributed by atoms with van der Waals surface area (Å²) in [6, 6.07) is 0.803. The van der Waals surface area contributed by atoms with E-state index >= 15 is 0 Å². The first kappa shape index (κ1) is 8.85. The monoisotopic (exact) mass is 187 g/mol. The van der Waals surface area contributed by atoms with E-state index in [1.807, 2.05) is 11.8 Å². The lowest BCUT2D eigenvalue weighted by Crippen LogP contribution is -2.43. The van der Waals surface area contributed by atoms with Gasteiger partial charge in [-0.25, -0.2) is 0 Å². The fourth-order valence-corrected chi connectivity index (χ4v) is 2.36. The molecule has 2 fully saturated rings. The molecule has 2 saturated heterocycles. The Morgan fingerprint density at radius 1 is 1.42 bits per heavy atom. The molecule has 2 aliphatic heterocycles. The van der Waals surface area contributed by atoms with E-state index in [-0.39, 0.29) is 0 Å². The molecule has 2 aliphatic rings. The zero-order valence-corrected chi connectivity index (χ0v) is 8.24. The highest BCUT2D eigenvalue weighted by Gasteiger charge is 2.20. The minimum Gasteiger partial charge on any atom is -0.381 e. The van der Waals surface area contributed by atoms with Crippen molar-refractivity contribution in [3.05, 3.63) is 0 Å². The number of hydrogen-bond donors (Lipinski definition) is 1. The van der Waals surface area contributed by atoms with Crippen LogP contribution in [0.25, 0.3) is 0 Å². The van der Waals surface area contributed by atoms with E-state index in [9.17, 15) is 0 Å². The second kappa shape index (κ2) is 4.49. The molecule has 0 aromatic rings. The van der Waals surface area contributed by atoms with Gasteiger partial charge in [0.05, 0.1) is 6.61 Å². The van der Waals surface area contributed by atoms with Crippen LogP contribution in [0.5, 0.6) is 0 Å². The summed E-state index contributed by atoms with van der Waals surface area (Å²) in [6.45, 7) is 3.13. The molecule has 0 bridgehead atoms. The van der Waals surface area contributed by atoms with Gasteiger partial charge in [0.1, 0.15) is 0 Å². The van der Waals surface area contributed by atoms with E-state index < -0.39 is 0 Å². The fourth-order valence-electron chi connectivity index (χ4n) is 1.66. The van der Waals surface area contributed by atoms with Crippen LogP contribution in [0.2, 0.25) is 0 Å². The summed E-state index contributed by atoms with van der Waals surface area (Å²) in [7, 11) is 0. The fraction of sp³-hybridized carbons (Fsp3) is 1.00. The molecule has 2 heterocycles. The van der Waals surface area contributed by atoms with Crippen molar-refractivity contribution in [2.24, 2.45) is 5.92 Å². The average molecular weight is 187 g/mol. The van der Waals surface area contributed by atoms with Crippen LogP contribution in [0, 0.1) is 5.92 Å². The van der Waals surface area contributed by atoms with Crippen molar-refractivity contribution in [3.63, 3.8) is 0 Å². The lowest BCUT2D eigenvalue weighted by molar-refractivity contribution is 0.0542. The zero-order chi connectivity index (χ0) is 8.23. The lowest BCUT2D eigenvalue weighted by Gasteiger charge is -2.29. The van der Waals surface area contributed by atoms with E-state index in [1.54, 1.807) is 0 Å². The average Bonchev–Trinajstić information content (AvgIpc) is 2.04.